The summed E-state index contributed by atoms with van der Waals surface area (Å²) in [7, 11) is -1.62. The zero-order valence-electron chi connectivity index (χ0n) is 8.57. The van der Waals surface area contributed by atoms with Crippen LogP contribution >= 0.6 is 0 Å². The van der Waals surface area contributed by atoms with Crippen molar-refractivity contribution in [1.82, 2.24) is 0 Å². The Balaban J connectivity index is 2.75. The molecule has 15 heavy (non-hydrogen) atoms. The molecule has 0 spiro atoms. The first-order valence-electron chi connectivity index (χ1n) is 4.67. The van der Waals surface area contributed by atoms with Crippen molar-refractivity contribution in [3.05, 3.63) is 24.0 Å². The van der Waals surface area contributed by atoms with E-state index in [1.54, 1.807) is 18.9 Å². The number of rotatable bonds is 0. The second-order valence-electron chi connectivity index (χ2n) is 3.83. The van der Waals surface area contributed by atoms with Crippen molar-refractivity contribution in [2.75, 3.05) is 17.7 Å². The number of halogens is 1. The molecule has 1 unspecified atom stereocenters. The van der Waals surface area contributed by atoms with Gasteiger partial charge < -0.3 is 4.90 Å². The molecule has 1 aromatic rings. The van der Waals surface area contributed by atoms with Gasteiger partial charge in [-0.25, -0.2) is 12.8 Å². The quantitative estimate of drug-likeness (QED) is 0.675. The molecule has 1 atom stereocenters. The minimum atomic E-state index is -3.33. The predicted octanol–water partition coefficient (Wildman–Crippen LogP) is 1.44. The fourth-order valence-electron chi connectivity index (χ4n) is 1.83. The molecule has 1 heterocycles. The van der Waals surface area contributed by atoms with Crippen molar-refractivity contribution in [3.8, 4) is 0 Å². The number of fused-ring (bicyclic) bond motifs is 1. The lowest BCUT2D eigenvalue weighted by Crippen LogP contribution is -2.40. The zero-order valence-corrected chi connectivity index (χ0v) is 9.38. The second-order valence-corrected chi connectivity index (χ2v) is 5.83. The molecule has 0 aliphatic carbocycles. The van der Waals surface area contributed by atoms with Crippen LogP contribution in [0.4, 0.5) is 10.1 Å². The Morgan fingerprint density at radius 1 is 1.47 bits per heavy atom. The average molecular weight is 229 g/mol. The summed E-state index contributed by atoms with van der Waals surface area (Å²) in [5.41, 5.74) is 0.191. The fourth-order valence-corrected chi connectivity index (χ4v) is 3.69. The van der Waals surface area contributed by atoms with Crippen molar-refractivity contribution in [1.29, 1.82) is 0 Å². The van der Waals surface area contributed by atoms with Gasteiger partial charge in [0.25, 0.3) is 0 Å². The average Bonchev–Trinajstić information content (AvgIpc) is 2.14. The summed E-state index contributed by atoms with van der Waals surface area (Å²) in [5.74, 6) is -0.440. The Kier molecular flexibility index (Phi) is 2.22. The van der Waals surface area contributed by atoms with Crippen molar-refractivity contribution >= 4 is 15.5 Å². The van der Waals surface area contributed by atoms with Gasteiger partial charge in [0.2, 0.25) is 0 Å². The number of sulfone groups is 1. The maximum Gasteiger partial charge on any atom is 0.182 e. The Morgan fingerprint density at radius 2 is 2.13 bits per heavy atom. The lowest BCUT2D eigenvalue weighted by atomic mass is 10.2. The number of benzene rings is 1. The Labute approximate surface area is 88.4 Å². The maximum absolute atomic E-state index is 13.5. The van der Waals surface area contributed by atoms with Gasteiger partial charge in [-0.3, -0.25) is 0 Å². The van der Waals surface area contributed by atoms with Crippen molar-refractivity contribution in [2.45, 2.75) is 17.9 Å². The third-order valence-electron chi connectivity index (χ3n) is 2.76. The Bertz CT molecular complexity index is 498. The number of hydrogen-bond acceptors (Lipinski definition) is 3. The van der Waals surface area contributed by atoms with E-state index in [0.717, 1.165) is 0 Å². The molecule has 0 saturated carbocycles. The van der Waals surface area contributed by atoms with Gasteiger partial charge in [-0.15, -0.1) is 0 Å². The standard InChI is InChI=1S/C10H12FNO2S/c1-7-6-15(13,14)9-5-3-4-8(11)10(9)12(7)2/h3-5,7H,6H2,1-2H3. The third kappa shape index (κ3) is 1.51. The highest BCUT2D eigenvalue weighted by Gasteiger charge is 2.33. The summed E-state index contributed by atoms with van der Waals surface area (Å²) < 4.78 is 37.1. The molecule has 82 valence electrons. The molecule has 0 fully saturated rings. The molecule has 1 aliphatic heterocycles. The lowest BCUT2D eigenvalue weighted by Gasteiger charge is -2.33. The summed E-state index contributed by atoms with van der Waals surface area (Å²) in [5, 5.41) is 0. The number of nitrogens with zero attached hydrogens (tertiary/aromatic N) is 1. The summed E-state index contributed by atoms with van der Waals surface area (Å²) in [4.78, 5) is 1.77. The molecular weight excluding hydrogens is 217 g/mol. The van der Waals surface area contributed by atoms with E-state index in [4.69, 9.17) is 0 Å². The van der Waals surface area contributed by atoms with Crippen LogP contribution in [0.5, 0.6) is 0 Å². The van der Waals surface area contributed by atoms with Crippen LogP contribution in [-0.4, -0.2) is 27.3 Å². The summed E-state index contributed by atoms with van der Waals surface area (Å²) in [6, 6.07) is 3.97. The summed E-state index contributed by atoms with van der Waals surface area (Å²) in [6.45, 7) is 1.77. The third-order valence-corrected chi connectivity index (χ3v) is 4.68. The van der Waals surface area contributed by atoms with E-state index in [0.29, 0.717) is 0 Å². The van der Waals surface area contributed by atoms with Gasteiger partial charge in [0.1, 0.15) is 5.82 Å². The molecule has 0 saturated heterocycles. The first-order valence-corrected chi connectivity index (χ1v) is 6.33. The van der Waals surface area contributed by atoms with Crippen LogP contribution in [0.25, 0.3) is 0 Å². The Hall–Kier alpha value is -1.10. The van der Waals surface area contributed by atoms with Crippen LogP contribution in [0.1, 0.15) is 6.92 Å². The molecule has 0 amide bonds. The highest BCUT2D eigenvalue weighted by molar-refractivity contribution is 7.91. The minimum absolute atomic E-state index is 0.0416. The van der Waals surface area contributed by atoms with E-state index in [2.05, 4.69) is 0 Å². The molecule has 3 nitrogen and oxygen atoms in total. The second kappa shape index (κ2) is 3.20. The molecule has 5 heteroatoms. The summed E-state index contributed by atoms with van der Waals surface area (Å²) in [6.07, 6.45) is 0. The minimum Gasteiger partial charge on any atom is -0.367 e. The van der Waals surface area contributed by atoms with Gasteiger partial charge in [0, 0.05) is 13.1 Å². The van der Waals surface area contributed by atoms with Gasteiger partial charge in [0.15, 0.2) is 9.84 Å². The van der Waals surface area contributed by atoms with Gasteiger partial charge in [-0.05, 0) is 19.1 Å². The van der Waals surface area contributed by atoms with Crippen LogP contribution in [-0.2, 0) is 9.84 Å². The van der Waals surface area contributed by atoms with E-state index in [1.807, 2.05) is 0 Å². The van der Waals surface area contributed by atoms with Crippen LogP contribution in [0.3, 0.4) is 0 Å². The highest BCUT2D eigenvalue weighted by atomic mass is 32.2. The van der Waals surface area contributed by atoms with Gasteiger partial charge in [0.05, 0.1) is 16.3 Å². The van der Waals surface area contributed by atoms with E-state index < -0.39 is 15.7 Å². The fraction of sp³-hybridized carbons (Fsp3) is 0.400. The number of para-hydroxylation sites is 1. The monoisotopic (exact) mass is 229 g/mol. The molecule has 1 aliphatic rings. The first kappa shape index (κ1) is 10.4. The number of anilines is 1. The molecule has 0 radical (unpaired) electrons. The Morgan fingerprint density at radius 3 is 2.80 bits per heavy atom. The van der Waals surface area contributed by atoms with Crippen LogP contribution < -0.4 is 4.90 Å². The van der Waals surface area contributed by atoms with E-state index in [9.17, 15) is 12.8 Å². The summed E-state index contributed by atoms with van der Waals surface area (Å²) >= 11 is 0. The highest BCUT2D eigenvalue weighted by Crippen LogP contribution is 2.34. The van der Waals surface area contributed by atoms with E-state index >= 15 is 0 Å². The molecule has 2 rings (SSSR count). The van der Waals surface area contributed by atoms with Crippen molar-refractivity contribution in [3.63, 3.8) is 0 Å². The van der Waals surface area contributed by atoms with Gasteiger partial charge >= 0.3 is 0 Å². The molecule has 0 aromatic heterocycles. The van der Waals surface area contributed by atoms with Crippen LogP contribution in [0.2, 0.25) is 0 Å². The van der Waals surface area contributed by atoms with E-state index in [1.165, 1.54) is 18.2 Å². The predicted molar refractivity (Wildman–Crippen MR) is 56.3 cm³/mol. The first-order chi connectivity index (χ1) is 6.93. The molecule has 1 aromatic carbocycles. The molecule has 0 N–H and O–H groups in total. The van der Waals surface area contributed by atoms with Crippen molar-refractivity contribution < 1.29 is 12.8 Å². The van der Waals surface area contributed by atoms with E-state index in [-0.39, 0.29) is 22.4 Å². The van der Waals surface area contributed by atoms with Gasteiger partial charge in [-0.2, -0.15) is 0 Å². The largest absolute Gasteiger partial charge is 0.367 e. The zero-order chi connectivity index (χ0) is 11.2. The van der Waals surface area contributed by atoms with Gasteiger partial charge in [-0.1, -0.05) is 6.07 Å². The smallest absolute Gasteiger partial charge is 0.182 e. The number of hydrogen-bond donors (Lipinski definition) is 0. The molecule has 0 bridgehead atoms. The van der Waals surface area contributed by atoms with Crippen LogP contribution in [0.15, 0.2) is 23.1 Å². The van der Waals surface area contributed by atoms with Crippen LogP contribution in [0, 0.1) is 5.82 Å². The molecular formula is C10H12FNO2S. The SMILES string of the molecule is CC1CS(=O)(=O)c2cccc(F)c2N1C. The maximum atomic E-state index is 13.5. The topological polar surface area (TPSA) is 37.4 Å². The van der Waals surface area contributed by atoms with Crippen molar-refractivity contribution in [2.24, 2.45) is 0 Å². The lowest BCUT2D eigenvalue weighted by molar-refractivity contribution is 0.565. The normalized spacial score (nSPS) is 23.7.